The number of rotatable bonds is 9. The minimum absolute atomic E-state index is 0.0629. The van der Waals surface area contributed by atoms with Crippen molar-refractivity contribution < 1.29 is 19.1 Å². The van der Waals surface area contributed by atoms with E-state index in [9.17, 15) is 9.59 Å². The van der Waals surface area contributed by atoms with E-state index in [1.165, 1.54) is 16.1 Å². The number of likely N-dealkylation sites (tertiary alicyclic amines) is 1. The minimum Gasteiger partial charge on any atom is -0.455 e. The van der Waals surface area contributed by atoms with Crippen molar-refractivity contribution >= 4 is 29.8 Å². The first-order valence-corrected chi connectivity index (χ1v) is 11.8. The number of amides is 3. The number of urea groups is 1. The fourth-order valence-electron chi connectivity index (χ4n) is 4.29. The fourth-order valence-corrected chi connectivity index (χ4v) is 4.42. The van der Waals surface area contributed by atoms with Crippen LogP contribution in [0.3, 0.4) is 0 Å². The Morgan fingerprint density at radius 2 is 1.85 bits per heavy atom. The van der Waals surface area contributed by atoms with Gasteiger partial charge in [0, 0.05) is 23.7 Å². The summed E-state index contributed by atoms with van der Waals surface area (Å²) in [5.74, 6) is 1.53. The zero-order chi connectivity index (χ0) is 23.2. The molecule has 1 aromatic heterocycles. The van der Waals surface area contributed by atoms with Gasteiger partial charge in [0.25, 0.3) is 5.91 Å². The van der Waals surface area contributed by atoms with E-state index in [-0.39, 0.29) is 19.1 Å². The van der Waals surface area contributed by atoms with Crippen molar-refractivity contribution in [2.45, 2.75) is 25.7 Å². The molecule has 0 aliphatic carbocycles. The quantitative estimate of drug-likeness (QED) is 0.444. The van der Waals surface area contributed by atoms with E-state index in [1.807, 2.05) is 18.2 Å². The standard InChI is InChI=1S/C24H29ClN4O4/c25-20-4-2-19(3-5-20)22-7-6-21(33-22)16-26-29-17-23(31)28(24(29)32)12-1-11-27-13-8-18(9-14-27)10-15-30/h2-7,16,18,30H,1,8-15,17H2. The number of aliphatic hydroxyl groups excluding tert-OH is 1. The molecule has 9 heteroatoms. The van der Waals surface area contributed by atoms with Gasteiger partial charge in [-0.15, -0.1) is 0 Å². The molecule has 4 rings (SSSR count). The molecular weight excluding hydrogens is 444 g/mol. The first-order valence-electron chi connectivity index (χ1n) is 11.4. The van der Waals surface area contributed by atoms with E-state index < -0.39 is 6.03 Å². The molecule has 2 fully saturated rings. The van der Waals surface area contributed by atoms with E-state index in [2.05, 4.69) is 10.0 Å². The predicted octanol–water partition coefficient (Wildman–Crippen LogP) is 3.68. The van der Waals surface area contributed by atoms with E-state index in [0.29, 0.717) is 29.0 Å². The lowest BCUT2D eigenvalue weighted by Gasteiger charge is -2.31. The Bertz CT molecular complexity index is 983. The molecule has 176 valence electrons. The van der Waals surface area contributed by atoms with Crippen LogP contribution >= 0.6 is 11.6 Å². The van der Waals surface area contributed by atoms with Gasteiger partial charge in [0.15, 0.2) is 0 Å². The van der Waals surface area contributed by atoms with Gasteiger partial charge in [-0.1, -0.05) is 11.6 Å². The van der Waals surface area contributed by atoms with Crippen molar-refractivity contribution in [3.63, 3.8) is 0 Å². The number of hydrogen-bond donors (Lipinski definition) is 1. The summed E-state index contributed by atoms with van der Waals surface area (Å²) in [6, 6.07) is 10.5. The second kappa shape index (κ2) is 11.0. The van der Waals surface area contributed by atoms with Crippen LogP contribution in [0.1, 0.15) is 31.4 Å². The fraction of sp³-hybridized carbons (Fsp3) is 0.458. The van der Waals surface area contributed by atoms with Gasteiger partial charge < -0.3 is 14.4 Å². The minimum atomic E-state index is -0.401. The van der Waals surface area contributed by atoms with Gasteiger partial charge in [-0.3, -0.25) is 9.69 Å². The number of aliphatic hydroxyl groups is 1. The number of carbonyl (C=O) groups is 2. The number of hydrazone groups is 1. The SMILES string of the molecule is O=C1CN(N=Cc2ccc(-c3ccc(Cl)cc3)o2)C(=O)N1CCCN1CCC(CCO)CC1. The van der Waals surface area contributed by atoms with Crippen molar-refractivity contribution in [1.82, 2.24) is 14.8 Å². The highest BCUT2D eigenvalue weighted by molar-refractivity contribution is 6.30. The lowest BCUT2D eigenvalue weighted by Crippen LogP contribution is -2.37. The topological polar surface area (TPSA) is 89.6 Å². The Morgan fingerprint density at radius 3 is 2.58 bits per heavy atom. The molecular formula is C24H29ClN4O4. The Morgan fingerprint density at radius 1 is 1.09 bits per heavy atom. The summed E-state index contributed by atoms with van der Waals surface area (Å²) >= 11 is 5.92. The molecule has 1 aromatic carbocycles. The molecule has 2 aliphatic rings. The monoisotopic (exact) mass is 472 g/mol. The maximum Gasteiger partial charge on any atom is 0.347 e. The molecule has 2 aliphatic heterocycles. The predicted molar refractivity (Wildman–Crippen MR) is 126 cm³/mol. The highest BCUT2D eigenvalue weighted by Crippen LogP contribution is 2.24. The number of nitrogens with zero attached hydrogens (tertiary/aromatic N) is 4. The molecule has 2 saturated heterocycles. The van der Waals surface area contributed by atoms with E-state index >= 15 is 0 Å². The summed E-state index contributed by atoms with van der Waals surface area (Å²) in [5.41, 5.74) is 0.885. The number of hydrogen-bond acceptors (Lipinski definition) is 6. The van der Waals surface area contributed by atoms with Crippen LogP contribution in [0.15, 0.2) is 45.9 Å². The molecule has 0 bridgehead atoms. The van der Waals surface area contributed by atoms with Crippen molar-refractivity contribution in [2.24, 2.45) is 11.0 Å². The lowest BCUT2D eigenvalue weighted by atomic mass is 9.94. The number of carbonyl (C=O) groups excluding carboxylic acids is 2. The molecule has 1 N–H and O–H groups in total. The largest absolute Gasteiger partial charge is 0.455 e. The molecule has 0 unspecified atom stereocenters. The van der Waals surface area contributed by atoms with Gasteiger partial charge in [0.05, 0.1) is 6.21 Å². The Labute approximate surface area is 198 Å². The normalized spacial score (nSPS) is 18.2. The van der Waals surface area contributed by atoms with Crippen LogP contribution in [-0.4, -0.2) is 77.4 Å². The number of imide groups is 1. The molecule has 8 nitrogen and oxygen atoms in total. The summed E-state index contributed by atoms with van der Waals surface area (Å²) in [7, 11) is 0. The van der Waals surface area contributed by atoms with E-state index in [4.69, 9.17) is 21.1 Å². The average Bonchev–Trinajstić information content (AvgIpc) is 3.39. The molecule has 0 spiro atoms. The molecule has 3 heterocycles. The second-order valence-corrected chi connectivity index (χ2v) is 8.93. The molecule has 33 heavy (non-hydrogen) atoms. The highest BCUT2D eigenvalue weighted by Gasteiger charge is 2.35. The number of piperidine rings is 1. The summed E-state index contributed by atoms with van der Waals surface area (Å²) < 4.78 is 5.76. The summed E-state index contributed by atoms with van der Waals surface area (Å²) in [4.78, 5) is 28.6. The molecule has 0 saturated carbocycles. The van der Waals surface area contributed by atoms with Gasteiger partial charge in [0.2, 0.25) is 0 Å². The lowest BCUT2D eigenvalue weighted by molar-refractivity contribution is -0.125. The molecule has 2 aromatic rings. The van der Waals surface area contributed by atoms with Crippen LogP contribution in [0.25, 0.3) is 11.3 Å². The van der Waals surface area contributed by atoms with Gasteiger partial charge in [-0.2, -0.15) is 5.10 Å². The molecule has 0 atom stereocenters. The Hall–Kier alpha value is -2.68. The van der Waals surface area contributed by atoms with Crippen LogP contribution in [-0.2, 0) is 4.79 Å². The molecule has 0 radical (unpaired) electrons. The third kappa shape index (κ3) is 6.01. The summed E-state index contributed by atoms with van der Waals surface area (Å²) in [6.45, 7) is 3.45. The van der Waals surface area contributed by atoms with Crippen molar-refractivity contribution in [3.05, 3.63) is 47.2 Å². The average molecular weight is 473 g/mol. The van der Waals surface area contributed by atoms with Gasteiger partial charge in [-0.05, 0) is 87.6 Å². The first kappa shape index (κ1) is 23.5. The number of halogens is 1. The highest BCUT2D eigenvalue weighted by atomic mass is 35.5. The zero-order valence-corrected chi connectivity index (χ0v) is 19.3. The smallest absolute Gasteiger partial charge is 0.347 e. The number of furan rings is 1. The summed E-state index contributed by atoms with van der Waals surface area (Å²) in [6.07, 6.45) is 5.25. The maximum absolute atomic E-state index is 12.6. The Balaban J connectivity index is 1.25. The molecule has 3 amide bonds. The van der Waals surface area contributed by atoms with Crippen LogP contribution in [0, 0.1) is 5.92 Å². The van der Waals surface area contributed by atoms with Gasteiger partial charge in [0.1, 0.15) is 18.1 Å². The van der Waals surface area contributed by atoms with Gasteiger partial charge in [-0.25, -0.2) is 9.80 Å². The van der Waals surface area contributed by atoms with Crippen molar-refractivity contribution in [1.29, 1.82) is 0 Å². The number of benzene rings is 1. The van der Waals surface area contributed by atoms with E-state index in [0.717, 1.165) is 50.9 Å². The zero-order valence-electron chi connectivity index (χ0n) is 18.5. The second-order valence-electron chi connectivity index (χ2n) is 8.49. The van der Waals surface area contributed by atoms with Gasteiger partial charge >= 0.3 is 6.03 Å². The maximum atomic E-state index is 12.6. The third-order valence-electron chi connectivity index (χ3n) is 6.22. The van der Waals surface area contributed by atoms with Crippen molar-refractivity contribution in [2.75, 3.05) is 39.3 Å². The van der Waals surface area contributed by atoms with Crippen LogP contribution in [0.4, 0.5) is 4.79 Å². The van der Waals surface area contributed by atoms with Crippen LogP contribution in [0.5, 0.6) is 0 Å². The third-order valence-corrected chi connectivity index (χ3v) is 6.47. The van der Waals surface area contributed by atoms with Crippen LogP contribution in [0.2, 0.25) is 5.02 Å². The first-order chi connectivity index (χ1) is 16.0. The van der Waals surface area contributed by atoms with E-state index in [1.54, 1.807) is 18.2 Å². The Kier molecular flexibility index (Phi) is 7.80. The van der Waals surface area contributed by atoms with Crippen LogP contribution < -0.4 is 0 Å². The van der Waals surface area contributed by atoms with Crippen molar-refractivity contribution in [3.8, 4) is 11.3 Å². The summed E-state index contributed by atoms with van der Waals surface area (Å²) in [5, 5.41) is 15.1.